The largest absolute Gasteiger partial charge is 0.493 e. The number of rotatable bonds is 6. The van der Waals surface area contributed by atoms with Gasteiger partial charge >= 0.3 is 0 Å². The van der Waals surface area contributed by atoms with Gasteiger partial charge in [0.25, 0.3) is 0 Å². The molecule has 0 aliphatic heterocycles. The van der Waals surface area contributed by atoms with Crippen LogP contribution in [-0.2, 0) is 6.42 Å². The second-order valence-corrected chi connectivity index (χ2v) is 5.96. The molecule has 0 saturated heterocycles. The smallest absolute Gasteiger partial charge is 0.160 e. The van der Waals surface area contributed by atoms with Crippen molar-refractivity contribution in [1.29, 1.82) is 0 Å². The summed E-state index contributed by atoms with van der Waals surface area (Å²) in [4.78, 5) is 0.577. The fourth-order valence-electron chi connectivity index (χ4n) is 2.06. The first-order valence-corrected chi connectivity index (χ1v) is 6.99. The van der Waals surface area contributed by atoms with Crippen LogP contribution in [0.2, 0.25) is 0 Å². The van der Waals surface area contributed by atoms with Crippen LogP contribution in [0, 0.1) is 5.92 Å². The zero-order valence-electron chi connectivity index (χ0n) is 10.4. The van der Waals surface area contributed by atoms with Crippen LogP contribution in [0.5, 0.6) is 11.5 Å². The average Bonchev–Trinajstić information content (AvgIpc) is 3.12. The molecule has 1 atom stereocenters. The minimum absolute atomic E-state index is 0.577. The Hall–Kier alpha value is -0.700. The minimum atomic E-state index is 0.577. The van der Waals surface area contributed by atoms with Crippen molar-refractivity contribution >= 4 is 15.9 Å². The van der Waals surface area contributed by atoms with Crippen molar-refractivity contribution in [3.8, 4) is 11.5 Å². The van der Waals surface area contributed by atoms with Crippen LogP contribution in [0.1, 0.15) is 24.8 Å². The molecular weight excluding hydrogens is 280 g/mol. The summed E-state index contributed by atoms with van der Waals surface area (Å²) in [5.74, 6) is 2.57. The van der Waals surface area contributed by atoms with Gasteiger partial charge in [-0.25, -0.2) is 0 Å². The van der Waals surface area contributed by atoms with Crippen LogP contribution in [0.3, 0.4) is 0 Å². The molecule has 3 heteroatoms. The molecule has 0 N–H and O–H groups in total. The highest BCUT2D eigenvalue weighted by Crippen LogP contribution is 2.36. The van der Waals surface area contributed by atoms with Crippen LogP contribution < -0.4 is 9.47 Å². The van der Waals surface area contributed by atoms with Gasteiger partial charge in [-0.15, -0.1) is 0 Å². The molecule has 1 aromatic carbocycles. The van der Waals surface area contributed by atoms with Crippen molar-refractivity contribution in [2.75, 3.05) is 14.2 Å². The van der Waals surface area contributed by atoms with E-state index in [-0.39, 0.29) is 0 Å². The molecule has 0 aromatic heterocycles. The number of hydrogen-bond acceptors (Lipinski definition) is 2. The lowest BCUT2D eigenvalue weighted by molar-refractivity contribution is 0.354. The normalized spacial score (nSPS) is 16.6. The zero-order chi connectivity index (χ0) is 12.3. The molecule has 1 fully saturated rings. The van der Waals surface area contributed by atoms with E-state index in [2.05, 4.69) is 28.1 Å². The second-order valence-electron chi connectivity index (χ2n) is 4.67. The molecule has 2 rings (SSSR count). The molecule has 1 saturated carbocycles. The summed E-state index contributed by atoms with van der Waals surface area (Å²) in [6.45, 7) is 0. The summed E-state index contributed by atoms with van der Waals surface area (Å²) >= 11 is 3.77. The lowest BCUT2D eigenvalue weighted by Crippen LogP contribution is -2.04. The number of methoxy groups -OCH3 is 2. The van der Waals surface area contributed by atoms with E-state index in [1.807, 2.05) is 6.07 Å². The van der Waals surface area contributed by atoms with Crippen LogP contribution in [0.25, 0.3) is 0 Å². The molecule has 94 valence electrons. The van der Waals surface area contributed by atoms with Gasteiger partial charge in [0, 0.05) is 4.83 Å². The number of alkyl halides is 1. The monoisotopic (exact) mass is 298 g/mol. The maximum atomic E-state index is 5.31. The summed E-state index contributed by atoms with van der Waals surface area (Å²) in [6, 6.07) is 6.16. The van der Waals surface area contributed by atoms with Gasteiger partial charge in [-0.05, 0) is 36.5 Å². The Balaban J connectivity index is 1.99. The molecular formula is C14H19BrO2. The van der Waals surface area contributed by atoms with Crippen molar-refractivity contribution in [2.24, 2.45) is 5.92 Å². The van der Waals surface area contributed by atoms with Gasteiger partial charge in [-0.2, -0.15) is 0 Å². The predicted octanol–water partition coefficient (Wildman–Crippen LogP) is 3.81. The average molecular weight is 299 g/mol. The molecule has 1 aromatic rings. The predicted molar refractivity (Wildman–Crippen MR) is 73.3 cm³/mol. The number of hydrogen-bond donors (Lipinski definition) is 0. The second kappa shape index (κ2) is 5.76. The van der Waals surface area contributed by atoms with Crippen molar-refractivity contribution in [3.05, 3.63) is 23.8 Å². The van der Waals surface area contributed by atoms with Gasteiger partial charge in [-0.3, -0.25) is 0 Å². The third kappa shape index (κ3) is 3.63. The van der Waals surface area contributed by atoms with Gasteiger partial charge in [0.15, 0.2) is 11.5 Å². The fraction of sp³-hybridized carbons (Fsp3) is 0.571. The number of ether oxygens (including phenoxy) is 2. The topological polar surface area (TPSA) is 18.5 Å². The van der Waals surface area contributed by atoms with E-state index < -0.39 is 0 Å². The Morgan fingerprint density at radius 2 is 1.94 bits per heavy atom. The maximum absolute atomic E-state index is 5.31. The van der Waals surface area contributed by atoms with Gasteiger partial charge in [0.05, 0.1) is 14.2 Å². The Morgan fingerprint density at radius 1 is 1.24 bits per heavy atom. The molecule has 0 heterocycles. The zero-order valence-corrected chi connectivity index (χ0v) is 12.0. The Kier molecular flexibility index (Phi) is 4.32. The number of halogens is 1. The Labute approximate surface area is 111 Å². The van der Waals surface area contributed by atoms with Gasteiger partial charge in [0.1, 0.15) is 0 Å². The van der Waals surface area contributed by atoms with Gasteiger partial charge in [-0.1, -0.05) is 34.8 Å². The molecule has 0 amide bonds. The Morgan fingerprint density at radius 3 is 2.53 bits per heavy atom. The molecule has 17 heavy (non-hydrogen) atoms. The SMILES string of the molecule is COc1ccc(CC(Br)CC2CC2)cc1OC. The van der Waals surface area contributed by atoms with E-state index >= 15 is 0 Å². The molecule has 0 radical (unpaired) electrons. The van der Waals surface area contributed by atoms with E-state index in [4.69, 9.17) is 9.47 Å². The third-order valence-corrected chi connectivity index (χ3v) is 3.89. The lowest BCUT2D eigenvalue weighted by Gasteiger charge is -2.12. The summed E-state index contributed by atoms with van der Waals surface area (Å²) in [6.07, 6.45) is 5.16. The summed E-state index contributed by atoms with van der Waals surface area (Å²) in [5, 5.41) is 0. The first kappa shape index (κ1) is 12.7. The highest BCUT2D eigenvalue weighted by atomic mass is 79.9. The molecule has 1 aliphatic rings. The van der Waals surface area contributed by atoms with Gasteiger partial charge in [0.2, 0.25) is 0 Å². The minimum Gasteiger partial charge on any atom is -0.493 e. The van der Waals surface area contributed by atoms with Crippen LogP contribution >= 0.6 is 15.9 Å². The maximum Gasteiger partial charge on any atom is 0.160 e. The molecule has 1 unspecified atom stereocenters. The highest BCUT2D eigenvalue weighted by Gasteiger charge is 2.24. The molecule has 1 aliphatic carbocycles. The van der Waals surface area contributed by atoms with E-state index in [9.17, 15) is 0 Å². The van der Waals surface area contributed by atoms with E-state index in [0.717, 1.165) is 23.8 Å². The summed E-state index contributed by atoms with van der Waals surface area (Å²) in [5.41, 5.74) is 1.30. The fourth-order valence-corrected chi connectivity index (χ4v) is 2.96. The molecule has 0 bridgehead atoms. The van der Waals surface area contributed by atoms with Crippen LogP contribution in [-0.4, -0.2) is 19.0 Å². The first-order valence-electron chi connectivity index (χ1n) is 6.08. The van der Waals surface area contributed by atoms with Crippen LogP contribution in [0.4, 0.5) is 0 Å². The van der Waals surface area contributed by atoms with E-state index in [1.54, 1.807) is 14.2 Å². The number of benzene rings is 1. The molecule has 2 nitrogen and oxygen atoms in total. The first-order chi connectivity index (χ1) is 8.22. The Bertz CT molecular complexity index is 374. The lowest BCUT2D eigenvalue weighted by atomic mass is 10.1. The van der Waals surface area contributed by atoms with Crippen molar-refractivity contribution in [3.63, 3.8) is 0 Å². The third-order valence-electron chi connectivity index (χ3n) is 3.19. The highest BCUT2D eigenvalue weighted by molar-refractivity contribution is 9.09. The summed E-state index contributed by atoms with van der Waals surface area (Å²) in [7, 11) is 3.34. The van der Waals surface area contributed by atoms with Crippen molar-refractivity contribution in [2.45, 2.75) is 30.5 Å². The van der Waals surface area contributed by atoms with Crippen molar-refractivity contribution < 1.29 is 9.47 Å². The van der Waals surface area contributed by atoms with E-state index in [1.165, 1.54) is 24.8 Å². The summed E-state index contributed by atoms with van der Waals surface area (Å²) < 4.78 is 10.5. The standard InChI is InChI=1S/C14H19BrO2/c1-16-13-6-5-11(9-14(13)17-2)8-12(15)7-10-3-4-10/h5-6,9-10,12H,3-4,7-8H2,1-2H3. The quantitative estimate of drug-likeness (QED) is 0.744. The van der Waals surface area contributed by atoms with E-state index in [0.29, 0.717) is 4.83 Å². The molecule has 0 spiro atoms. The van der Waals surface area contributed by atoms with Crippen LogP contribution in [0.15, 0.2) is 18.2 Å². The van der Waals surface area contributed by atoms with Crippen molar-refractivity contribution in [1.82, 2.24) is 0 Å². The van der Waals surface area contributed by atoms with Gasteiger partial charge < -0.3 is 9.47 Å².